The van der Waals surface area contributed by atoms with Crippen molar-refractivity contribution in [3.8, 4) is 44.5 Å². The van der Waals surface area contributed by atoms with Gasteiger partial charge in [0.05, 0.1) is 5.69 Å². The normalized spacial score (nSPS) is 11.4. The highest BCUT2D eigenvalue weighted by Gasteiger charge is 2.21. The summed E-state index contributed by atoms with van der Waals surface area (Å²) in [6, 6.07) is 80.7. The third-order valence-electron chi connectivity index (χ3n) is 11.5. The maximum absolute atomic E-state index is 6.55. The summed E-state index contributed by atoms with van der Waals surface area (Å²) in [5.41, 5.74) is 14.4. The summed E-state index contributed by atoms with van der Waals surface area (Å²) in [5, 5.41) is 7.09. The van der Waals surface area contributed by atoms with Crippen LogP contribution < -0.4 is 4.90 Å². The molecule has 0 unspecified atom stereocenters. The third-order valence-corrected chi connectivity index (χ3v) is 11.5. The van der Waals surface area contributed by atoms with Crippen molar-refractivity contribution in [1.29, 1.82) is 0 Å². The van der Waals surface area contributed by atoms with E-state index in [-0.39, 0.29) is 0 Å². The first kappa shape index (κ1) is 33.6. The maximum Gasteiger partial charge on any atom is 0.136 e. The lowest BCUT2D eigenvalue weighted by Crippen LogP contribution is -2.11. The Morgan fingerprint density at radius 2 is 0.776 bits per heavy atom. The van der Waals surface area contributed by atoms with Gasteiger partial charge in [-0.2, -0.15) is 0 Å². The van der Waals surface area contributed by atoms with Crippen LogP contribution in [0.2, 0.25) is 0 Å². The van der Waals surface area contributed by atoms with E-state index in [9.17, 15) is 0 Å². The number of anilines is 3. The van der Waals surface area contributed by atoms with Crippen molar-refractivity contribution < 1.29 is 4.42 Å². The van der Waals surface area contributed by atoms with E-state index in [1.165, 1.54) is 54.9 Å². The lowest BCUT2D eigenvalue weighted by molar-refractivity contribution is 0.669. The van der Waals surface area contributed by atoms with Crippen molar-refractivity contribution in [3.05, 3.63) is 224 Å². The third kappa shape index (κ3) is 6.00. The second-order valence-corrected chi connectivity index (χ2v) is 14.9. The number of para-hydroxylation sites is 1. The van der Waals surface area contributed by atoms with E-state index in [2.05, 4.69) is 229 Å². The first-order valence-electron chi connectivity index (χ1n) is 19.8. The molecule has 0 saturated carbocycles. The van der Waals surface area contributed by atoms with E-state index in [0.29, 0.717) is 0 Å². The number of fused-ring (bicyclic) bond motifs is 5. The van der Waals surface area contributed by atoms with Crippen LogP contribution >= 0.6 is 0 Å². The Kier molecular flexibility index (Phi) is 8.19. The fraction of sp³-hybridized carbons (Fsp3) is 0. The molecule has 0 radical (unpaired) electrons. The molecule has 0 saturated heterocycles. The van der Waals surface area contributed by atoms with Crippen LogP contribution in [-0.2, 0) is 0 Å². The topological polar surface area (TPSA) is 16.4 Å². The summed E-state index contributed by atoms with van der Waals surface area (Å²) >= 11 is 0. The molecule has 0 spiro atoms. The van der Waals surface area contributed by atoms with E-state index in [1.54, 1.807) is 0 Å². The van der Waals surface area contributed by atoms with Gasteiger partial charge in [-0.15, -0.1) is 0 Å². The molecule has 1 aromatic heterocycles. The Morgan fingerprint density at radius 1 is 0.293 bits per heavy atom. The number of furan rings is 1. The van der Waals surface area contributed by atoms with Crippen LogP contribution in [0.15, 0.2) is 229 Å². The summed E-state index contributed by atoms with van der Waals surface area (Å²) in [5.74, 6) is 0. The number of benzene rings is 10. The number of hydrogen-bond acceptors (Lipinski definition) is 2. The molecule has 0 N–H and O–H groups in total. The van der Waals surface area contributed by atoms with Crippen molar-refractivity contribution >= 4 is 60.5 Å². The minimum absolute atomic E-state index is 0.881. The molecule has 0 atom stereocenters. The van der Waals surface area contributed by atoms with Crippen molar-refractivity contribution in [1.82, 2.24) is 0 Å². The maximum atomic E-state index is 6.55. The van der Waals surface area contributed by atoms with E-state index >= 15 is 0 Å². The Balaban J connectivity index is 1.04. The fourth-order valence-electron chi connectivity index (χ4n) is 8.52. The molecule has 11 aromatic rings. The monoisotopic (exact) mass is 739 g/mol. The Labute approximate surface area is 337 Å². The van der Waals surface area contributed by atoms with E-state index < -0.39 is 0 Å². The van der Waals surface area contributed by atoms with Gasteiger partial charge in [-0.3, -0.25) is 0 Å². The van der Waals surface area contributed by atoms with Crippen LogP contribution in [0.25, 0.3) is 88.0 Å². The first-order chi connectivity index (χ1) is 28.7. The second-order valence-electron chi connectivity index (χ2n) is 14.9. The molecule has 272 valence electrons. The van der Waals surface area contributed by atoms with Gasteiger partial charge in [0.15, 0.2) is 0 Å². The average Bonchev–Trinajstić information content (AvgIpc) is 3.67. The summed E-state index contributed by atoms with van der Waals surface area (Å²) in [7, 11) is 0. The molecule has 0 aliphatic carbocycles. The summed E-state index contributed by atoms with van der Waals surface area (Å²) in [6.45, 7) is 0. The number of rotatable bonds is 7. The van der Waals surface area contributed by atoms with Gasteiger partial charge in [0.1, 0.15) is 11.2 Å². The number of hydrogen-bond donors (Lipinski definition) is 0. The minimum atomic E-state index is 0.881. The van der Waals surface area contributed by atoms with Crippen molar-refractivity contribution in [3.63, 3.8) is 0 Å². The van der Waals surface area contributed by atoms with E-state index in [1.807, 2.05) is 0 Å². The molecule has 0 fully saturated rings. The largest absolute Gasteiger partial charge is 0.456 e. The molecule has 1 heterocycles. The van der Waals surface area contributed by atoms with E-state index in [4.69, 9.17) is 4.42 Å². The average molecular weight is 740 g/mol. The van der Waals surface area contributed by atoms with Crippen LogP contribution in [-0.4, -0.2) is 0 Å². The second kappa shape index (κ2) is 14.1. The molecule has 2 nitrogen and oxygen atoms in total. The summed E-state index contributed by atoms with van der Waals surface area (Å²) in [6.07, 6.45) is 0. The molecule has 0 bridgehead atoms. The highest BCUT2D eigenvalue weighted by Crippen LogP contribution is 2.46. The van der Waals surface area contributed by atoms with Gasteiger partial charge in [0, 0.05) is 27.7 Å². The lowest BCUT2D eigenvalue weighted by atomic mass is 9.95. The Bertz CT molecular complexity index is 3250. The SMILES string of the molecule is c1ccc(-c2ccc(-c3ccc(N(c4ccc(-c5ccc6ccccc6c5)cc4)c4ccccc4-c4cccc5oc6cc7ccccc7cc6c45)cc3)cc2)cc1. The predicted molar refractivity (Wildman–Crippen MR) is 245 cm³/mol. The lowest BCUT2D eigenvalue weighted by Gasteiger charge is -2.28. The molecule has 0 amide bonds. The zero-order valence-corrected chi connectivity index (χ0v) is 31.7. The van der Waals surface area contributed by atoms with Gasteiger partial charge in [-0.05, 0) is 115 Å². The smallest absolute Gasteiger partial charge is 0.136 e. The van der Waals surface area contributed by atoms with Gasteiger partial charge in [0.2, 0.25) is 0 Å². The first-order valence-corrected chi connectivity index (χ1v) is 19.8. The Morgan fingerprint density at radius 3 is 1.45 bits per heavy atom. The van der Waals surface area contributed by atoms with Crippen LogP contribution in [0.5, 0.6) is 0 Å². The van der Waals surface area contributed by atoms with Gasteiger partial charge < -0.3 is 9.32 Å². The van der Waals surface area contributed by atoms with Gasteiger partial charge in [-0.25, -0.2) is 0 Å². The van der Waals surface area contributed by atoms with Gasteiger partial charge >= 0.3 is 0 Å². The number of nitrogens with zero attached hydrogens (tertiary/aromatic N) is 1. The molecule has 0 aliphatic heterocycles. The van der Waals surface area contributed by atoms with Crippen LogP contribution in [0.1, 0.15) is 0 Å². The minimum Gasteiger partial charge on any atom is -0.456 e. The highest BCUT2D eigenvalue weighted by atomic mass is 16.3. The molecule has 58 heavy (non-hydrogen) atoms. The van der Waals surface area contributed by atoms with Crippen molar-refractivity contribution in [2.24, 2.45) is 0 Å². The van der Waals surface area contributed by atoms with Crippen molar-refractivity contribution in [2.75, 3.05) is 4.90 Å². The quantitative estimate of drug-likeness (QED) is 0.162. The zero-order chi connectivity index (χ0) is 38.4. The molecule has 11 rings (SSSR count). The van der Waals surface area contributed by atoms with Crippen LogP contribution in [0.4, 0.5) is 17.1 Å². The van der Waals surface area contributed by atoms with Crippen LogP contribution in [0.3, 0.4) is 0 Å². The Hall–Kier alpha value is -7.68. The molecular formula is C56H37NO. The molecule has 10 aromatic carbocycles. The van der Waals surface area contributed by atoms with Crippen molar-refractivity contribution in [2.45, 2.75) is 0 Å². The predicted octanol–water partition coefficient (Wildman–Crippen LogP) is 16.0. The van der Waals surface area contributed by atoms with Gasteiger partial charge in [0.25, 0.3) is 0 Å². The molecule has 2 heteroatoms. The molecule has 0 aliphatic rings. The van der Waals surface area contributed by atoms with Crippen LogP contribution in [0, 0.1) is 0 Å². The molecular weight excluding hydrogens is 703 g/mol. The zero-order valence-electron chi connectivity index (χ0n) is 31.7. The highest BCUT2D eigenvalue weighted by molar-refractivity contribution is 6.16. The summed E-state index contributed by atoms with van der Waals surface area (Å²) < 4.78 is 6.55. The van der Waals surface area contributed by atoms with E-state index in [0.717, 1.165) is 50.1 Å². The standard InChI is InChI=1S/C56H37NO/c1-2-11-38(12-3-1)40-21-23-41(24-22-40)42-27-31-48(32-28-42)57(49-33-29-43(30-34-49)47-26-25-39-13-4-5-14-44(39)35-47)53-19-9-8-17-50(53)51-18-10-20-54-56(51)52-36-45-15-6-7-16-46(45)37-55(52)58-54/h1-37H. The fourth-order valence-corrected chi connectivity index (χ4v) is 8.52. The van der Waals surface area contributed by atoms with Gasteiger partial charge in [-0.1, -0.05) is 170 Å². The summed E-state index contributed by atoms with van der Waals surface area (Å²) in [4.78, 5) is 2.39.